The predicted molar refractivity (Wildman–Crippen MR) is 106 cm³/mol. The summed E-state index contributed by atoms with van der Waals surface area (Å²) in [5, 5.41) is 0. The SMILES string of the molecule is COc1cccc(F)c1-c1cccc(-n2cnc3cc(C(C)N)ccc32)c1. The first-order valence-electron chi connectivity index (χ1n) is 8.74. The molecule has 5 heteroatoms. The first kappa shape index (κ1) is 17.2. The lowest BCUT2D eigenvalue weighted by molar-refractivity contribution is 0.413. The van der Waals surface area contributed by atoms with Crippen molar-refractivity contribution < 1.29 is 9.13 Å². The van der Waals surface area contributed by atoms with Gasteiger partial charge in [-0.2, -0.15) is 0 Å². The molecule has 1 unspecified atom stereocenters. The van der Waals surface area contributed by atoms with Gasteiger partial charge in [-0.15, -0.1) is 0 Å². The molecule has 1 atom stereocenters. The van der Waals surface area contributed by atoms with Crippen molar-refractivity contribution in [2.75, 3.05) is 7.11 Å². The maximum Gasteiger partial charge on any atom is 0.134 e. The van der Waals surface area contributed by atoms with Gasteiger partial charge in [0, 0.05) is 11.7 Å². The highest BCUT2D eigenvalue weighted by molar-refractivity contribution is 5.79. The van der Waals surface area contributed by atoms with Crippen LogP contribution in [-0.4, -0.2) is 16.7 Å². The van der Waals surface area contributed by atoms with E-state index in [4.69, 9.17) is 10.5 Å². The standard InChI is InChI=1S/C22H20FN3O/c1-14(24)15-9-10-20-19(12-15)25-13-26(20)17-6-3-5-16(11-17)22-18(23)7-4-8-21(22)27-2/h3-14H,24H2,1-2H3. The fourth-order valence-electron chi connectivity index (χ4n) is 3.28. The van der Waals surface area contributed by atoms with Crippen LogP contribution in [0.15, 0.2) is 67.0 Å². The van der Waals surface area contributed by atoms with Crippen LogP contribution in [0.1, 0.15) is 18.5 Å². The number of ether oxygens (including phenoxy) is 1. The molecule has 0 fully saturated rings. The summed E-state index contributed by atoms with van der Waals surface area (Å²) in [6, 6.07) is 18.5. The Balaban J connectivity index is 1.84. The molecule has 0 amide bonds. The molecule has 0 spiro atoms. The van der Waals surface area contributed by atoms with Gasteiger partial charge in [-0.3, -0.25) is 4.57 Å². The molecule has 4 nitrogen and oxygen atoms in total. The Hall–Kier alpha value is -3.18. The van der Waals surface area contributed by atoms with Crippen molar-refractivity contribution in [3.8, 4) is 22.6 Å². The van der Waals surface area contributed by atoms with Crippen LogP contribution in [-0.2, 0) is 0 Å². The zero-order valence-electron chi connectivity index (χ0n) is 15.2. The lowest BCUT2D eigenvalue weighted by atomic mass is 10.0. The molecule has 0 aliphatic rings. The van der Waals surface area contributed by atoms with E-state index in [9.17, 15) is 4.39 Å². The second-order valence-electron chi connectivity index (χ2n) is 6.52. The van der Waals surface area contributed by atoms with Gasteiger partial charge in [-0.05, 0) is 54.4 Å². The second-order valence-corrected chi connectivity index (χ2v) is 6.52. The monoisotopic (exact) mass is 361 g/mol. The molecule has 27 heavy (non-hydrogen) atoms. The highest BCUT2D eigenvalue weighted by Crippen LogP contribution is 2.34. The zero-order valence-corrected chi connectivity index (χ0v) is 15.2. The molecule has 3 aromatic carbocycles. The van der Waals surface area contributed by atoms with E-state index >= 15 is 0 Å². The summed E-state index contributed by atoms with van der Waals surface area (Å²) in [5.74, 6) is 0.188. The van der Waals surface area contributed by atoms with Gasteiger partial charge in [-0.1, -0.05) is 24.3 Å². The Morgan fingerprint density at radius 3 is 2.67 bits per heavy atom. The van der Waals surface area contributed by atoms with E-state index in [1.165, 1.54) is 6.07 Å². The zero-order chi connectivity index (χ0) is 19.0. The van der Waals surface area contributed by atoms with Gasteiger partial charge in [0.25, 0.3) is 0 Å². The van der Waals surface area contributed by atoms with Crippen LogP contribution in [0.2, 0.25) is 0 Å². The topological polar surface area (TPSA) is 53.1 Å². The Morgan fingerprint density at radius 2 is 1.89 bits per heavy atom. The summed E-state index contributed by atoms with van der Waals surface area (Å²) in [7, 11) is 1.54. The van der Waals surface area contributed by atoms with Crippen LogP contribution in [0.4, 0.5) is 4.39 Å². The number of fused-ring (bicyclic) bond motifs is 1. The highest BCUT2D eigenvalue weighted by atomic mass is 19.1. The number of hydrogen-bond donors (Lipinski definition) is 1. The third-order valence-electron chi connectivity index (χ3n) is 4.71. The minimum Gasteiger partial charge on any atom is -0.496 e. The number of nitrogens with zero attached hydrogens (tertiary/aromatic N) is 2. The van der Waals surface area contributed by atoms with Crippen LogP contribution in [0.5, 0.6) is 5.75 Å². The molecule has 0 aliphatic carbocycles. The van der Waals surface area contributed by atoms with Crippen molar-refractivity contribution in [3.63, 3.8) is 0 Å². The molecular formula is C22H20FN3O. The van der Waals surface area contributed by atoms with Gasteiger partial charge in [-0.25, -0.2) is 9.37 Å². The summed E-state index contributed by atoms with van der Waals surface area (Å²) < 4.78 is 21.8. The summed E-state index contributed by atoms with van der Waals surface area (Å²) in [5.41, 5.74) is 10.9. The fourth-order valence-corrected chi connectivity index (χ4v) is 3.28. The van der Waals surface area contributed by atoms with Crippen LogP contribution in [0.25, 0.3) is 27.8 Å². The van der Waals surface area contributed by atoms with E-state index in [0.29, 0.717) is 11.3 Å². The number of nitrogens with two attached hydrogens (primary N) is 1. The van der Waals surface area contributed by atoms with E-state index in [2.05, 4.69) is 4.98 Å². The molecule has 136 valence electrons. The molecule has 4 aromatic rings. The van der Waals surface area contributed by atoms with Gasteiger partial charge >= 0.3 is 0 Å². The molecule has 0 radical (unpaired) electrons. The Kier molecular flexibility index (Phi) is 4.38. The van der Waals surface area contributed by atoms with Crippen molar-refractivity contribution in [3.05, 3.63) is 78.4 Å². The molecule has 0 aliphatic heterocycles. The maximum atomic E-state index is 14.5. The fraction of sp³-hybridized carbons (Fsp3) is 0.136. The predicted octanol–water partition coefficient (Wildman–Crippen LogP) is 4.86. The molecule has 0 saturated heterocycles. The normalized spacial score (nSPS) is 12.3. The number of rotatable bonds is 4. The number of halogens is 1. The number of hydrogen-bond acceptors (Lipinski definition) is 3. The van der Waals surface area contributed by atoms with E-state index < -0.39 is 0 Å². The minimum absolute atomic E-state index is 0.0450. The van der Waals surface area contributed by atoms with Crippen LogP contribution in [0, 0.1) is 5.82 Å². The summed E-state index contributed by atoms with van der Waals surface area (Å²) in [6.07, 6.45) is 1.77. The maximum absolute atomic E-state index is 14.5. The van der Waals surface area contributed by atoms with E-state index in [-0.39, 0.29) is 11.9 Å². The molecule has 4 rings (SSSR count). The van der Waals surface area contributed by atoms with Gasteiger partial charge < -0.3 is 10.5 Å². The first-order chi connectivity index (χ1) is 13.1. The third-order valence-corrected chi connectivity index (χ3v) is 4.71. The molecule has 1 heterocycles. The third kappa shape index (κ3) is 3.06. The van der Waals surface area contributed by atoms with Gasteiger partial charge in [0.15, 0.2) is 0 Å². The Labute approximate surface area is 157 Å². The van der Waals surface area contributed by atoms with Gasteiger partial charge in [0.1, 0.15) is 17.9 Å². The molecule has 1 aromatic heterocycles. The van der Waals surface area contributed by atoms with Crippen LogP contribution >= 0.6 is 0 Å². The van der Waals surface area contributed by atoms with Crippen LogP contribution in [0.3, 0.4) is 0 Å². The van der Waals surface area contributed by atoms with Crippen molar-refractivity contribution >= 4 is 11.0 Å². The summed E-state index contributed by atoms with van der Waals surface area (Å²) in [6.45, 7) is 1.95. The molecular weight excluding hydrogens is 341 g/mol. The molecule has 0 bridgehead atoms. The number of benzene rings is 3. The lowest BCUT2D eigenvalue weighted by Gasteiger charge is -2.12. The number of aromatic nitrogens is 2. The quantitative estimate of drug-likeness (QED) is 0.565. The van der Waals surface area contributed by atoms with Crippen molar-refractivity contribution in [1.82, 2.24) is 9.55 Å². The van der Waals surface area contributed by atoms with Crippen molar-refractivity contribution in [2.24, 2.45) is 5.73 Å². The van der Waals surface area contributed by atoms with Crippen LogP contribution < -0.4 is 10.5 Å². The molecule has 2 N–H and O–H groups in total. The van der Waals surface area contributed by atoms with Crippen molar-refractivity contribution in [1.29, 1.82) is 0 Å². The minimum atomic E-state index is -0.316. The first-order valence-corrected chi connectivity index (χ1v) is 8.74. The van der Waals surface area contributed by atoms with Gasteiger partial charge in [0.2, 0.25) is 0 Å². The summed E-state index contributed by atoms with van der Waals surface area (Å²) >= 11 is 0. The van der Waals surface area contributed by atoms with E-state index in [1.54, 1.807) is 25.6 Å². The summed E-state index contributed by atoms with van der Waals surface area (Å²) in [4.78, 5) is 4.50. The van der Waals surface area contributed by atoms with Gasteiger partial charge in [0.05, 0.1) is 23.7 Å². The average Bonchev–Trinajstić information content (AvgIpc) is 3.11. The largest absolute Gasteiger partial charge is 0.496 e. The lowest BCUT2D eigenvalue weighted by Crippen LogP contribution is -2.04. The number of imidazole rings is 1. The highest BCUT2D eigenvalue weighted by Gasteiger charge is 2.13. The van der Waals surface area contributed by atoms with E-state index in [1.807, 2.05) is 54.0 Å². The van der Waals surface area contributed by atoms with E-state index in [0.717, 1.165) is 27.8 Å². The second kappa shape index (κ2) is 6.85. The smallest absolute Gasteiger partial charge is 0.134 e. The number of methoxy groups -OCH3 is 1. The average molecular weight is 361 g/mol. The Bertz CT molecular complexity index is 1120. The molecule has 0 saturated carbocycles. The van der Waals surface area contributed by atoms with Crippen molar-refractivity contribution in [2.45, 2.75) is 13.0 Å². The Morgan fingerprint density at radius 1 is 1.07 bits per heavy atom.